The van der Waals surface area contributed by atoms with E-state index in [1.807, 2.05) is 0 Å². The highest BCUT2D eigenvalue weighted by Crippen LogP contribution is 2.22. The molecule has 1 aliphatic heterocycles. The molecule has 2 fully saturated rings. The predicted octanol–water partition coefficient (Wildman–Crippen LogP) is 1.32. The van der Waals surface area contributed by atoms with Crippen LogP contribution in [0.3, 0.4) is 0 Å². The maximum Gasteiger partial charge on any atom is 0.243 e. The molecule has 1 saturated heterocycles. The van der Waals surface area contributed by atoms with Gasteiger partial charge >= 0.3 is 0 Å². The molecule has 1 N–H and O–H groups in total. The Labute approximate surface area is 121 Å². The highest BCUT2D eigenvalue weighted by molar-refractivity contribution is 5.88. The van der Waals surface area contributed by atoms with Crippen LogP contribution in [-0.4, -0.2) is 48.6 Å². The molecule has 1 atom stereocenters. The van der Waals surface area contributed by atoms with Crippen LogP contribution in [-0.2, 0) is 14.3 Å². The fourth-order valence-corrected chi connectivity index (χ4v) is 2.48. The first-order valence-corrected chi connectivity index (χ1v) is 7.75. The molecule has 20 heavy (non-hydrogen) atoms. The van der Waals surface area contributed by atoms with Gasteiger partial charge in [-0.25, -0.2) is 0 Å². The molecule has 2 rings (SSSR count). The number of hydrogen-bond acceptors (Lipinski definition) is 3. The summed E-state index contributed by atoms with van der Waals surface area (Å²) in [6, 6.07) is 0.0997. The maximum atomic E-state index is 12.2. The number of rotatable bonds is 7. The lowest BCUT2D eigenvalue weighted by molar-refractivity contribution is -0.139. The summed E-state index contributed by atoms with van der Waals surface area (Å²) in [4.78, 5) is 26.0. The molecule has 0 radical (unpaired) electrons. The molecule has 1 saturated carbocycles. The fourth-order valence-electron chi connectivity index (χ4n) is 2.48. The van der Waals surface area contributed by atoms with Gasteiger partial charge in [-0.05, 0) is 31.6 Å². The van der Waals surface area contributed by atoms with E-state index in [-0.39, 0.29) is 17.9 Å². The lowest BCUT2D eigenvalue weighted by Crippen LogP contribution is -2.46. The van der Waals surface area contributed by atoms with Crippen LogP contribution >= 0.6 is 0 Å². The minimum absolute atomic E-state index is 0.0291. The van der Waals surface area contributed by atoms with Crippen molar-refractivity contribution in [3.63, 3.8) is 0 Å². The van der Waals surface area contributed by atoms with E-state index in [0.717, 1.165) is 25.7 Å². The second kappa shape index (κ2) is 7.07. The fraction of sp³-hybridized carbons (Fsp3) is 0.867. The molecule has 1 unspecified atom stereocenters. The molecular weight excluding hydrogens is 256 g/mol. The highest BCUT2D eigenvalue weighted by Gasteiger charge is 2.36. The van der Waals surface area contributed by atoms with Crippen molar-refractivity contribution in [3.05, 3.63) is 0 Å². The molecule has 1 heterocycles. The van der Waals surface area contributed by atoms with Crippen LogP contribution < -0.4 is 5.32 Å². The van der Waals surface area contributed by atoms with E-state index >= 15 is 0 Å². The van der Waals surface area contributed by atoms with Crippen molar-refractivity contribution in [1.29, 1.82) is 0 Å². The molecule has 2 amide bonds. The van der Waals surface area contributed by atoms with Crippen molar-refractivity contribution in [2.75, 3.05) is 19.8 Å². The van der Waals surface area contributed by atoms with Crippen LogP contribution in [0.15, 0.2) is 0 Å². The number of carbonyl (C=O) groups excluding carboxylic acids is 2. The van der Waals surface area contributed by atoms with Gasteiger partial charge in [0, 0.05) is 19.2 Å². The van der Waals surface area contributed by atoms with E-state index in [4.69, 9.17) is 4.74 Å². The second-order valence-corrected chi connectivity index (χ2v) is 6.25. The number of carbonyl (C=O) groups is 2. The monoisotopic (exact) mass is 282 g/mol. The van der Waals surface area contributed by atoms with Gasteiger partial charge in [-0.2, -0.15) is 0 Å². The summed E-state index contributed by atoms with van der Waals surface area (Å²) < 4.78 is 5.45. The SMILES string of the molecule is CC(C)COCCC(=O)N1CCCC1C(=O)NC1CC1. The van der Waals surface area contributed by atoms with Gasteiger partial charge in [-0.15, -0.1) is 0 Å². The van der Waals surface area contributed by atoms with Gasteiger partial charge in [0.15, 0.2) is 0 Å². The largest absolute Gasteiger partial charge is 0.381 e. The number of nitrogens with zero attached hydrogens (tertiary/aromatic N) is 1. The first-order chi connectivity index (χ1) is 9.58. The van der Waals surface area contributed by atoms with Crippen LogP contribution in [0.25, 0.3) is 0 Å². The molecule has 5 nitrogen and oxygen atoms in total. The van der Waals surface area contributed by atoms with Crippen molar-refractivity contribution in [2.24, 2.45) is 5.92 Å². The molecule has 2 aliphatic rings. The molecule has 5 heteroatoms. The Morgan fingerprint density at radius 1 is 1.30 bits per heavy atom. The minimum Gasteiger partial charge on any atom is -0.381 e. The summed E-state index contributed by atoms with van der Waals surface area (Å²) >= 11 is 0. The zero-order valence-corrected chi connectivity index (χ0v) is 12.6. The third-order valence-electron chi connectivity index (χ3n) is 3.71. The Morgan fingerprint density at radius 3 is 2.70 bits per heavy atom. The van der Waals surface area contributed by atoms with Crippen LogP contribution in [0, 0.1) is 5.92 Å². The predicted molar refractivity (Wildman–Crippen MR) is 76.2 cm³/mol. The lowest BCUT2D eigenvalue weighted by Gasteiger charge is -2.24. The van der Waals surface area contributed by atoms with Crippen LogP contribution in [0.5, 0.6) is 0 Å². The molecule has 1 aliphatic carbocycles. The second-order valence-electron chi connectivity index (χ2n) is 6.25. The van der Waals surface area contributed by atoms with Gasteiger partial charge in [-0.3, -0.25) is 9.59 Å². The summed E-state index contributed by atoms with van der Waals surface area (Å²) in [6.45, 7) is 6.00. The smallest absolute Gasteiger partial charge is 0.243 e. The Bertz CT molecular complexity index is 353. The Morgan fingerprint density at radius 2 is 2.05 bits per heavy atom. The van der Waals surface area contributed by atoms with Gasteiger partial charge in [0.1, 0.15) is 6.04 Å². The van der Waals surface area contributed by atoms with Gasteiger partial charge < -0.3 is 15.0 Å². The normalized spacial score (nSPS) is 22.4. The Balaban J connectivity index is 1.74. The zero-order chi connectivity index (χ0) is 14.5. The first-order valence-electron chi connectivity index (χ1n) is 7.75. The number of amides is 2. The number of hydrogen-bond donors (Lipinski definition) is 1. The zero-order valence-electron chi connectivity index (χ0n) is 12.6. The van der Waals surface area contributed by atoms with Crippen molar-refractivity contribution < 1.29 is 14.3 Å². The summed E-state index contributed by atoms with van der Waals surface area (Å²) in [6.07, 6.45) is 4.24. The Kier molecular flexibility index (Phi) is 5.40. The van der Waals surface area contributed by atoms with Crippen LogP contribution in [0.4, 0.5) is 0 Å². The molecule has 0 bridgehead atoms. The molecular formula is C15H26N2O3. The third kappa shape index (κ3) is 4.47. The van der Waals surface area contributed by atoms with E-state index in [2.05, 4.69) is 19.2 Å². The number of ether oxygens (including phenoxy) is 1. The molecule has 0 aromatic rings. The van der Waals surface area contributed by atoms with Crippen LogP contribution in [0.2, 0.25) is 0 Å². The summed E-state index contributed by atoms with van der Waals surface area (Å²) in [7, 11) is 0. The van der Waals surface area contributed by atoms with Crippen LogP contribution in [0.1, 0.15) is 46.0 Å². The number of likely N-dealkylation sites (tertiary alicyclic amines) is 1. The summed E-state index contributed by atoms with van der Waals surface area (Å²) in [5.41, 5.74) is 0. The van der Waals surface area contributed by atoms with E-state index in [9.17, 15) is 9.59 Å². The summed E-state index contributed by atoms with van der Waals surface area (Å²) in [5.74, 6) is 0.553. The first kappa shape index (κ1) is 15.3. The molecule has 0 aromatic carbocycles. The van der Waals surface area contributed by atoms with Gasteiger partial charge in [0.2, 0.25) is 11.8 Å². The number of nitrogens with one attached hydrogen (secondary N) is 1. The average Bonchev–Trinajstić information content (AvgIpc) is 3.07. The summed E-state index contributed by atoms with van der Waals surface area (Å²) in [5, 5.41) is 3.00. The minimum atomic E-state index is -0.256. The van der Waals surface area contributed by atoms with E-state index in [1.54, 1.807) is 4.90 Å². The third-order valence-corrected chi connectivity index (χ3v) is 3.71. The van der Waals surface area contributed by atoms with E-state index in [1.165, 1.54) is 0 Å². The van der Waals surface area contributed by atoms with Gasteiger partial charge in [0.05, 0.1) is 13.0 Å². The average molecular weight is 282 g/mol. The lowest BCUT2D eigenvalue weighted by atomic mass is 10.2. The van der Waals surface area contributed by atoms with E-state index in [0.29, 0.717) is 38.1 Å². The van der Waals surface area contributed by atoms with Crippen molar-refractivity contribution >= 4 is 11.8 Å². The van der Waals surface area contributed by atoms with Crippen molar-refractivity contribution in [2.45, 2.75) is 58.0 Å². The van der Waals surface area contributed by atoms with Crippen molar-refractivity contribution in [1.82, 2.24) is 10.2 Å². The molecule has 114 valence electrons. The molecule has 0 spiro atoms. The Hall–Kier alpha value is -1.10. The van der Waals surface area contributed by atoms with E-state index < -0.39 is 0 Å². The standard InChI is InChI=1S/C15H26N2O3/c1-11(2)10-20-9-7-14(18)17-8-3-4-13(17)15(19)16-12-5-6-12/h11-13H,3-10H2,1-2H3,(H,16,19). The quantitative estimate of drug-likeness (QED) is 0.716. The van der Waals surface area contributed by atoms with Crippen molar-refractivity contribution in [3.8, 4) is 0 Å². The molecule has 0 aromatic heterocycles. The van der Waals surface area contributed by atoms with Gasteiger partial charge in [-0.1, -0.05) is 13.8 Å². The topological polar surface area (TPSA) is 58.6 Å². The highest BCUT2D eigenvalue weighted by atomic mass is 16.5. The van der Waals surface area contributed by atoms with Gasteiger partial charge in [0.25, 0.3) is 0 Å². The maximum absolute atomic E-state index is 12.2.